The molecule has 0 fully saturated rings. The minimum atomic E-state index is -0.494. The number of halogens is 2. The van der Waals surface area contributed by atoms with Crippen LogP contribution in [-0.2, 0) is 13.0 Å². The fourth-order valence-corrected chi connectivity index (χ4v) is 2.15. The van der Waals surface area contributed by atoms with E-state index in [1.165, 1.54) is 4.68 Å². The van der Waals surface area contributed by atoms with Crippen LogP contribution in [0.25, 0.3) is 0 Å². The molecule has 4 nitrogen and oxygen atoms in total. The quantitative estimate of drug-likeness (QED) is 0.892. The maximum Gasteiger partial charge on any atom is 0.254 e. The van der Waals surface area contributed by atoms with Crippen LogP contribution in [0, 0.1) is 11.6 Å². The summed E-state index contributed by atoms with van der Waals surface area (Å²) < 4.78 is 28.1. The van der Waals surface area contributed by atoms with Gasteiger partial charge in [-0.2, -0.15) is 5.10 Å². The van der Waals surface area contributed by atoms with Crippen LogP contribution in [0.4, 0.5) is 8.78 Å². The monoisotopic (exact) mass is 263 g/mol. The molecule has 0 bridgehead atoms. The molecule has 0 radical (unpaired) electrons. The Balaban J connectivity index is 1.92. The van der Waals surface area contributed by atoms with Crippen LogP contribution in [0.1, 0.15) is 21.6 Å². The predicted molar refractivity (Wildman–Crippen MR) is 63.7 cm³/mol. The third-order valence-electron chi connectivity index (χ3n) is 3.07. The van der Waals surface area contributed by atoms with Gasteiger partial charge in [0.2, 0.25) is 0 Å². The van der Waals surface area contributed by atoms with Crippen molar-refractivity contribution in [2.24, 2.45) is 0 Å². The van der Waals surface area contributed by atoms with Gasteiger partial charge in [-0.15, -0.1) is 0 Å². The molecule has 1 aliphatic heterocycles. The molecule has 0 aliphatic carbocycles. The molecule has 98 valence electrons. The number of nitrogens with zero attached hydrogens (tertiary/aromatic N) is 2. The first-order chi connectivity index (χ1) is 9.13. The van der Waals surface area contributed by atoms with Gasteiger partial charge in [0, 0.05) is 24.7 Å². The van der Waals surface area contributed by atoms with Gasteiger partial charge >= 0.3 is 0 Å². The number of benzene rings is 1. The zero-order valence-electron chi connectivity index (χ0n) is 9.99. The van der Waals surface area contributed by atoms with Gasteiger partial charge in [0.05, 0.1) is 17.8 Å². The minimum Gasteiger partial charge on any atom is -0.352 e. The van der Waals surface area contributed by atoms with Crippen LogP contribution in [0.15, 0.2) is 24.4 Å². The molecule has 0 unspecified atom stereocenters. The van der Waals surface area contributed by atoms with Gasteiger partial charge in [-0.3, -0.25) is 9.48 Å². The van der Waals surface area contributed by atoms with Crippen molar-refractivity contribution >= 4 is 5.91 Å². The standard InChI is InChI=1S/C13H11F2N3O/c14-9-1-2-11(15)8(5-9)6-18-7-10-12(17-18)3-4-16-13(10)19/h1-2,5,7H,3-4,6H2,(H,16,19). The summed E-state index contributed by atoms with van der Waals surface area (Å²) in [6, 6.07) is 3.29. The lowest BCUT2D eigenvalue weighted by Gasteiger charge is -2.09. The molecule has 1 aromatic carbocycles. The number of rotatable bonds is 2. The average Bonchev–Trinajstić information content (AvgIpc) is 2.78. The molecule has 1 amide bonds. The van der Waals surface area contributed by atoms with E-state index in [0.717, 1.165) is 18.2 Å². The smallest absolute Gasteiger partial charge is 0.254 e. The van der Waals surface area contributed by atoms with E-state index in [-0.39, 0.29) is 18.0 Å². The Kier molecular flexibility index (Phi) is 2.77. The number of carbonyl (C=O) groups is 1. The summed E-state index contributed by atoms with van der Waals surface area (Å²) in [6.45, 7) is 0.654. The van der Waals surface area contributed by atoms with Crippen molar-refractivity contribution in [3.63, 3.8) is 0 Å². The molecule has 0 saturated carbocycles. The average molecular weight is 263 g/mol. The number of amides is 1. The Morgan fingerprint density at radius 2 is 2.21 bits per heavy atom. The van der Waals surface area contributed by atoms with Crippen LogP contribution >= 0.6 is 0 Å². The number of fused-ring (bicyclic) bond motifs is 1. The molecule has 1 aromatic heterocycles. The van der Waals surface area contributed by atoms with E-state index in [1.54, 1.807) is 6.20 Å². The molecular formula is C13H11F2N3O. The fraction of sp³-hybridized carbons (Fsp3) is 0.231. The third kappa shape index (κ3) is 2.21. The number of aromatic nitrogens is 2. The fourth-order valence-electron chi connectivity index (χ4n) is 2.15. The Morgan fingerprint density at radius 1 is 1.37 bits per heavy atom. The molecule has 0 spiro atoms. The van der Waals surface area contributed by atoms with Gasteiger partial charge in [-0.1, -0.05) is 0 Å². The third-order valence-corrected chi connectivity index (χ3v) is 3.07. The Labute approximate surface area is 108 Å². The second kappa shape index (κ2) is 4.46. The van der Waals surface area contributed by atoms with Crippen LogP contribution in [-0.4, -0.2) is 22.2 Å². The first-order valence-electron chi connectivity index (χ1n) is 5.92. The van der Waals surface area contributed by atoms with Crippen LogP contribution in [0.3, 0.4) is 0 Å². The minimum absolute atomic E-state index is 0.101. The van der Waals surface area contributed by atoms with Gasteiger partial charge < -0.3 is 5.32 Å². The van der Waals surface area contributed by atoms with Crippen molar-refractivity contribution in [3.8, 4) is 0 Å². The summed E-state index contributed by atoms with van der Waals surface area (Å²) >= 11 is 0. The molecule has 1 aliphatic rings. The molecular weight excluding hydrogens is 252 g/mol. The molecule has 3 rings (SSSR count). The maximum absolute atomic E-state index is 13.5. The SMILES string of the molecule is O=C1NCCc2nn(Cc3cc(F)ccc3F)cc21. The molecule has 2 aromatic rings. The zero-order chi connectivity index (χ0) is 13.4. The normalized spacial score (nSPS) is 14.1. The summed E-state index contributed by atoms with van der Waals surface area (Å²) in [5, 5.41) is 6.94. The van der Waals surface area contributed by atoms with Crippen LogP contribution in [0.2, 0.25) is 0 Å². The lowest BCUT2D eigenvalue weighted by atomic mass is 10.1. The van der Waals surface area contributed by atoms with E-state index >= 15 is 0 Å². The van der Waals surface area contributed by atoms with Crippen molar-refractivity contribution in [2.45, 2.75) is 13.0 Å². The van der Waals surface area contributed by atoms with E-state index < -0.39 is 11.6 Å². The number of nitrogens with one attached hydrogen (secondary N) is 1. The molecule has 1 N–H and O–H groups in total. The van der Waals surface area contributed by atoms with E-state index in [1.807, 2.05) is 0 Å². The largest absolute Gasteiger partial charge is 0.352 e. The lowest BCUT2D eigenvalue weighted by molar-refractivity contribution is 0.0946. The van der Waals surface area contributed by atoms with E-state index in [9.17, 15) is 13.6 Å². The summed E-state index contributed by atoms with van der Waals surface area (Å²) in [6.07, 6.45) is 2.22. The van der Waals surface area contributed by atoms with E-state index in [0.29, 0.717) is 24.2 Å². The van der Waals surface area contributed by atoms with Crippen molar-refractivity contribution in [1.82, 2.24) is 15.1 Å². The predicted octanol–water partition coefficient (Wildman–Crippen LogP) is 1.50. The van der Waals surface area contributed by atoms with E-state index in [4.69, 9.17) is 0 Å². The number of carbonyl (C=O) groups excluding carboxylic acids is 1. The van der Waals surface area contributed by atoms with Crippen LogP contribution in [0.5, 0.6) is 0 Å². The maximum atomic E-state index is 13.5. The van der Waals surface area contributed by atoms with Gasteiger partial charge in [0.15, 0.2) is 0 Å². The highest BCUT2D eigenvalue weighted by Gasteiger charge is 2.20. The Morgan fingerprint density at radius 3 is 3.00 bits per heavy atom. The molecule has 0 saturated heterocycles. The topological polar surface area (TPSA) is 46.9 Å². The van der Waals surface area contributed by atoms with Gasteiger partial charge in [-0.05, 0) is 18.2 Å². The first-order valence-corrected chi connectivity index (χ1v) is 5.92. The van der Waals surface area contributed by atoms with Crippen molar-refractivity contribution < 1.29 is 13.6 Å². The first kappa shape index (κ1) is 11.8. The number of hydrogen-bond acceptors (Lipinski definition) is 2. The summed E-state index contributed by atoms with van der Waals surface area (Å²) in [7, 11) is 0. The summed E-state index contributed by atoms with van der Waals surface area (Å²) in [4.78, 5) is 11.6. The molecule has 2 heterocycles. The van der Waals surface area contributed by atoms with Gasteiger partial charge in [0.25, 0.3) is 5.91 Å². The molecule has 6 heteroatoms. The van der Waals surface area contributed by atoms with Gasteiger partial charge in [-0.25, -0.2) is 8.78 Å². The van der Waals surface area contributed by atoms with E-state index in [2.05, 4.69) is 10.4 Å². The Hall–Kier alpha value is -2.24. The Bertz CT molecular complexity index is 651. The molecule has 19 heavy (non-hydrogen) atoms. The highest BCUT2D eigenvalue weighted by atomic mass is 19.1. The number of hydrogen-bond donors (Lipinski definition) is 1. The summed E-state index contributed by atoms with van der Waals surface area (Å²) in [5.41, 5.74) is 1.41. The van der Waals surface area contributed by atoms with Crippen molar-refractivity contribution in [1.29, 1.82) is 0 Å². The second-order valence-corrected chi connectivity index (χ2v) is 4.43. The second-order valence-electron chi connectivity index (χ2n) is 4.43. The van der Waals surface area contributed by atoms with Crippen molar-refractivity contribution in [2.75, 3.05) is 6.54 Å². The zero-order valence-corrected chi connectivity index (χ0v) is 9.99. The summed E-state index contributed by atoms with van der Waals surface area (Å²) in [5.74, 6) is -1.15. The highest BCUT2D eigenvalue weighted by molar-refractivity contribution is 5.96. The lowest BCUT2D eigenvalue weighted by Crippen LogP contribution is -2.31. The van der Waals surface area contributed by atoms with Crippen LogP contribution < -0.4 is 5.32 Å². The molecule has 0 atom stereocenters. The van der Waals surface area contributed by atoms with Crippen molar-refractivity contribution in [3.05, 3.63) is 52.9 Å². The van der Waals surface area contributed by atoms with Gasteiger partial charge in [0.1, 0.15) is 11.6 Å². The highest BCUT2D eigenvalue weighted by Crippen LogP contribution is 2.15.